The molecule has 0 bridgehead atoms. The third-order valence-electron chi connectivity index (χ3n) is 2.95. The van der Waals surface area contributed by atoms with Crippen LogP contribution < -0.4 is 5.73 Å². The maximum Gasteiger partial charge on any atom is 0.350 e. The van der Waals surface area contributed by atoms with Crippen LogP contribution in [0.4, 0.5) is 5.69 Å². The second-order valence-electron chi connectivity index (χ2n) is 4.24. The standard InChI is InChI=1S/C15H16BrNO2S/c1-3-11-12(17)14(15(18)19-4-2)20-13(11)9-6-5-7-10(16)8-9/h5-8H,3-4,17H2,1-2H3. The molecule has 2 N–H and O–H groups in total. The van der Waals surface area contributed by atoms with Crippen molar-refractivity contribution in [2.45, 2.75) is 20.3 Å². The van der Waals surface area contributed by atoms with E-state index >= 15 is 0 Å². The molecule has 0 amide bonds. The number of rotatable bonds is 4. The molecule has 0 fully saturated rings. The molecule has 2 rings (SSSR count). The lowest BCUT2D eigenvalue weighted by molar-refractivity contribution is 0.0533. The Labute approximate surface area is 130 Å². The van der Waals surface area contributed by atoms with E-state index in [9.17, 15) is 4.79 Å². The molecule has 0 aliphatic rings. The lowest BCUT2D eigenvalue weighted by atomic mass is 10.1. The Hall–Kier alpha value is -1.33. The molecule has 1 heterocycles. The van der Waals surface area contributed by atoms with Gasteiger partial charge in [-0.25, -0.2) is 4.79 Å². The number of carbonyl (C=O) groups is 1. The molecule has 1 aromatic heterocycles. The number of nitrogens with two attached hydrogens (primary N) is 1. The molecule has 0 saturated heterocycles. The highest BCUT2D eigenvalue weighted by Crippen LogP contribution is 2.40. The van der Waals surface area contributed by atoms with E-state index in [1.165, 1.54) is 11.3 Å². The van der Waals surface area contributed by atoms with E-state index in [1.54, 1.807) is 6.92 Å². The normalized spacial score (nSPS) is 10.6. The van der Waals surface area contributed by atoms with Crippen LogP contribution in [0, 0.1) is 0 Å². The van der Waals surface area contributed by atoms with Crippen LogP contribution in [-0.2, 0) is 11.2 Å². The third-order valence-corrected chi connectivity index (χ3v) is 4.72. The summed E-state index contributed by atoms with van der Waals surface area (Å²) in [7, 11) is 0. The van der Waals surface area contributed by atoms with E-state index in [0.717, 1.165) is 26.9 Å². The van der Waals surface area contributed by atoms with Gasteiger partial charge in [0.1, 0.15) is 4.88 Å². The monoisotopic (exact) mass is 353 g/mol. The highest BCUT2D eigenvalue weighted by molar-refractivity contribution is 9.10. The van der Waals surface area contributed by atoms with Crippen LogP contribution in [0.3, 0.4) is 0 Å². The average Bonchev–Trinajstić information content (AvgIpc) is 2.76. The van der Waals surface area contributed by atoms with Crippen LogP contribution in [-0.4, -0.2) is 12.6 Å². The number of benzene rings is 1. The number of nitrogen functional groups attached to an aromatic ring is 1. The zero-order valence-electron chi connectivity index (χ0n) is 11.4. The molecule has 0 spiro atoms. The first kappa shape index (κ1) is 15.1. The predicted molar refractivity (Wildman–Crippen MR) is 87.2 cm³/mol. The first-order chi connectivity index (χ1) is 9.58. The summed E-state index contributed by atoms with van der Waals surface area (Å²) in [5, 5.41) is 0. The van der Waals surface area contributed by atoms with Gasteiger partial charge in [0.25, 0.3) is 0 Å². The van der Waals surface area contributed by atoms with Crippen molar-refractivity contribution in [3.63, 3.8) is 0 Å². The van der Waals surface area contributed by atoms with Crippen molar-refractivity contribution in [1.29, 1.82) is 0 Å². The van der Waals surface area contributed by atoms with Gasteiger partial charge < -0.3 is 10.5 Å². The molecular weight excluding hydrogens is 338 g/mol. The largest absolute Gasteiger partial charge is 0.462 e. The summed E-state index contributed by atoms with van der Waals surface area (Å²) >= 11 is 4.87. The number of hydrogen-bond acceptors (Lipinski definition) is 4. The van der Waals surface area contributed by atoms with E-state index in [-0.39, 0.29) is 5.97 Å². The van der Waals surface area contributed by atoms with Gasteiger partial charge in [-0.3, -0.25) is 0 Å². The number of halogens is 1. The minimum Gasteiger partial charge on any atom is -0.462 e. The van der Waals surface area contributed by atoms with Crippen molar-refractivity contribution in [1.82, 2.24) is 0 Å². The molecule has 0 saturated carbocycles. The molecule has 0 radical (unpaired) electrons. The van der Waals surface area contributed by atoms with Crippen molar-refractivity contribution in [3.05, 3.63) is 39.2 Å². The van der Waals surface area contributed by atoms with Crippen molar-refractivity contribution in [2.75, 3.05) is 12.3 Å². The van der Waals surface area contributed by atoms with Gasteiger partial charge in [-0.1, -0.05) is 35.0 Å². The van der Waals surface area contributed by atoms with E-state index in [4.69, 9.17) is 10.5 Å². The van der Waals surface area contributed by atoms with E-state index in [2.05, 4.69) is 15.9 Å². The van der Waals surface area contributed by atoms with Gasteiger partial charge in [-0.15, -0.1) is 11.3 Å². The summed E-state index contributed by atoms with van der Waals surface area (Å²) in [5.41, 5.74) is 8.74. The van der Waals surface area contributed by atoms with Crippen LogP contribution in [0.5, 0.6) is 0 Å². The summed E-state index contributed by atoms with van der Waals surface area (Å²) in [6, 6.07) is 7.99. The summed E-state index contributed by atoms with van der Waals surface area (Å²) in [6.45, 7) is 4.18. The Morgan fingerprint density at radius 1 is 1.40 bits per heavy atom. The predicted octanol–water partition coefficient (Wildman–Crippen LogP) is 4.50. The van der Waals surface area contributed by atoms with Crippen LogP contribution in [0.2, 0.25) is 0 Å². The van der Waals surface area contributed by atoms with E-state index in [1.807, 2.05) is 31.2 Å². The first-order valence-corrected chi connectivity index (χ1v) is 8.03. The van der Waals surface area contributed by atoms with Crippen LogP contribution in [0.15, 0.2) is 28.7 Å². The summed E-state index contributed by atoms with van der Waals surface area (Å²) < 4.78 is 6.06. The Morgan fingerprint density at radius 2 is 2.15 bits per heavy atom. The summed E-state index contributed by atoms with van der Waals surface area (Å²) in [5.74, 6) is -0.342. The second-order valence-corrected chi connectivity index (χ2v) is 6.17. The molecule has 0 atom stereocenters. The topological polar surface area (TPSA) is 52.3 Å². The number of esters is 1. The van der Waals surface area contributed by atoms with Crippen molar-refractivity contribution < 1.29 is 9.53 Å². The first-order valence-electron chi connectivity index (χ1n) is 6.42. The Kier molecular flexibility index (Phi) is 4.83. The molecule has 0 unspecified atom stereocenters. The lowest BCUT2D eigenvalue weighted by Crippen LogP contribution is -2.05. The van der Waals surface area contributed by atoms with E-state index in [0.29, 0.717) is 17.2 Å². The number of hydrogen-bond donors (Lipinski definition) is 1. The van der Waals surface area contributed by atoms with Gasteiger partial charge >= 0.3 is 5.97 Å². The molecule has 5 heteroatoms. The van der Waals surface area contributed by atoms with Crippen molar-refractivity contribution >= 4 is 38.9 Å². The Bertz CT molecular complexity index is 637. The molecule has 1 aromatic carbocycles. The van der Waals surface area contributed by atoms with Crippen LogP contribution >= 0.6 is 27.3 Å². The van der Waals surface area contributed by atoms with Gasteiger partial charge in [-0.2, -0.15) is 0 Å². The van der Waals surface area contributed by atoms with Crippen molar-refractivity contribution in [3.8, 4) is 10.4 Å². The summed E-state index contributed by atoms with van der Waals surface area (Å²) in [6.07, 6.45) is 0.781. The highest BCUT2D eigenvalue weighted by Gasteiger charge is 2.21. The molecule has 106 valence electrons. The highest BCUT2D eigenvalue weighted by atomic mass is 79.9. The van der Waals surface area contributed by atoms with Gasteiger partial charge in [0.05, 0.1) is 12.3 Å². The second kappa shape index (κ2) is 6.41. The fraction of sp³-hybridized carbons (Fsp3) is 0.267. The van der Waals surface area contributed by atoms with Crippen LogP contribution in [0.25, 0.3) is 10.4 Å². The quantitative estimate of drug-likeness (QED) is 0.823. The molecular formula is C15H16BrNO2S. The molecule has 20 heavy (non-hydrogen) atoms. The number of thiophene rings is 1. The molecule has 3 nitrogen and oxygen atoms in total. The van der Waals surface area contributed by atoms with Gasteiger partial charge in [0.15, 0.2) is 0 Å². The van der Waals surface area contributed by atoms with Crippen molar-refractivity contribution in [2.24, 2.45) is 0 Å². The zero-order chi connectivity index (χ0) is 14.7. The lowest BCUT2D eigenvalue weighted by Gasteiger charge is -2.03. The zero-order valence-corrected chi connectivity index (χ0v) is 13.8. The average molecular weight is 354 g/mol. The fourth-order valence-electron chi connectivity index (χ4n) is 2.04. The third kappa shape index (κ3) is 2.88. The maximum atomic E-state index is 11.9. The smallest absolute Gasteiger partial charge is 0.350 e. The Morgan fingerprint density at radius 3 is 2.75 bits per heavy atom. The molecule has 0 aliphatic heterocycles. The number of ether oxygens (including phenoxy) is 1. The SMILES string of the molecule is CCOC(=O)c1sc(-c2cccc(Br)c2)c(CC)c1N. The molecule has 2 aromatic rings. The van der Waals surface area contributed by atoms with E-state index < -0.39 is 0 Å². The minimum atomic E-state index is -0.342. The van der Waals surface area contributed by atoms with Gasteiger partial charge in [0, 0.05) is 9.35 Å². The molecule has 0 aliphatic carbocycles. The summed E-state index contributed by atoms with van der Waals surface area (Å²) in [4.78, 5) is 13.5. The minimum absolute atomic E-state index is 0.342. The van der Waals surface area contributed by atoms with Gasteiger partial charge in [-0.05, 0) is 36.6 Å². The fourth-order valence-corrected chi connectivity index (χ4v) is 3.64. The maximum absolute atomic E-state index is 11.9. The number of carbonyl (C=O) groups excluding carboxylic acids is 1. The number of anilines is 1. The van der Waals surface area contributed by atoms with Gasteiger partial charge in [0.2, 0.25) is 0 Å². The Balaban J connectivity index is 2.54. The van der Waals surface area contributed by atoms with Crippen LogP contribution in [0.1, 0.15) is 29.1 Å².